The van der Waals surface area contributed by atoms with Crippen LogP contribution in [0.2, 0.25) is 0 Å². The lowest BCUT2D eigenvalue weighted by Crippen LogP contribution is -2.44. The van der Waals surface area contributed by atoms with Gasteiger partial charge in [0.15, 0.2) is 6.61 Å². The van der Waals surface area contributed by atoms with Crippen molar-refractivity contribution in [3.05, 3.63) is 41.5 Å². The van der Waals surface area contributed by atoms with Crippen molar-refractivity contribution < 1.29 is 14.3 Å². The molecule has 1 aliphatic rings. The van der Waals surface area contributed by atoms with E-state index in [-0.39, 0.29) is 12.5 Å². The standard InChI is InChI=1S/C19H22N2O3/c1-14-9-15(2)12-21(11-14)18(22)13-24-19(23)8-7-16-3-5-17(10-20)6-4-16/h3-8,14-15H,9,11-13H2,1-2H3/b8-7+/t14-,15+. The summed E-state index contributed by atoms with van der Waals surface area (Å²) in [5.41, 5.74) is 1.35. The molecule has 1 aliphatic heterocycles. The fourth-order valence-corrected chi connectivity index (χ4v) is 2.97. The summed E-state index contributed by atoms with van der Waals surface area (Å²) in [6.45, 7) is 5.48. The van der Waals surface area contributed by atoms with E-state index in [9.17, 15) is 9.59 Å². The van der Waals surface area contributed by atoms with Crippen LogP contribution in [-0.2, 0) is 14.3 Å². The van der Waals surface area contributed by atoms with Gasteiger partial charge in [-0.05, 0) is 42.0 Å². The lowest BCUT2D eigenvalue weighted by Gasteiger charge is -2.34. The summed E-state index contributed by atoms with van der Waals surface area (Å²) in [7, 11) is 0. The van der Waals surface area contributed by atoms with Crippen LogP contribution < -0.4 is 0 Å². The van der Waals surface area contributed by atoms with E-state index in [0.717, 1.165) is 25.1 Å². The summed E-state index contributed by atoms with van der Waals surface area (Å²) >= 11 is 0. The Balaban J connectivity index is 1.80. The molecule has 0 bridgehead atoms. The first-order valence-corrected chi connectivity index (χ1v) is 8.10. The molecule has 5 nitrogen and oxygen atoms in total. The Bertz CT molecular complexity index is 648. The van der Waals surface area contributed by atoms with Crippen molar-refractivity contribution in [3.8, 4) is 6.07 Å². The van der Waals surface area contributed by atoms with Gasteiger partial charge >= 0.3 is 5.97 Å². The number of piperidine rings is 1. The molecular formula is C19H22N2O3. The van der Waals surface area contributed by atoms with Gasteiger partial charge in [0.1, 0.15) is 0 Å². The number of benzene rings is 1. The smallest absolute Gasteiger partial charge is 0.331 e. The molecule has 0 unspecified atom stereocenters. The summed E-state index contributed by atoms with van der Waals surface area (Å²) in [4.78, 5) is 25.6. The van der Waals surface area contributed by atoms with Crippen LogP contribution in [0.25, 0.3) is 6.08 Å². The van der Waals surface area contributed by atoms with Gasteiger partial charge in [0.2, 0.25) is 0 Å². The van der Waals surface area contributed by atoms with Crippen LogP contribution in [0.1, 0.15) is 31.4 Å². The van der Waals surface area contributed by atoms with Crippen LogP contribution in [0.4, 0.5) is 0 Å². The summed E-state index contributed by atoms with van der Waals surface area (Å²) in [5.74, 6) is 0.258. The van der Waals surface area contributed by atoms with E-state index in [1.807, 2.05) is 6.07 Å². The highest BCUT2D eigenvalue weighted by molar-refractivity contribution is 5.89. The second-order valence-corrected chi connectivity index (χ2v) is 6.42. The first kappa shape index (κ1) is 17.7. The molecule has 0 N–H and O–H groups in total. The van der Waals surface area contributed by atoms with E-state index in [1.54, 1.807) is 35.2 Å². The van der Waals surface area contributed by atoms with E-state index in [1.165, 1.54) is 6.08 Å². The number of rotatable bonds is 4. The van der Waals surface area contributed by atoms with Crippen molar-refractivity contribution in [1.29, 1.82) is 5.26 Å². The van der Waals surface area contributed by atoms with E-state index < -0.39 is 5.97 Å². The lowest BCUT2D eigenvalue weighted by molar-refractivity contribution is -0.149. The Morgan fingerprint density at radius 2 is 1.88 bits per heavy atom. The zero-order valence-electron chi connectivity index (χ0n) is 14.1. The minimum atomic E-state index is -0.550. The van der Waals surface area contributed by atoms with Gasteiger partial charge in [0.25, 0.3) is 5.91 Å². The average molecular weight is 326 g/mol. The van der Waals surface area contributed by atoms with Crippen LogP contribution in [0.3, 0.4) is 0 Å². The van der Waals surface area contributed by atoms with Crippen LogP contribution in [0.15, 0.2) is 30.3 Å². The van der Waals surface area contributed by atoms with E-state index in [4.69, 9.17) is 10.00 Å². The molecule has 1 aromatic rings. The molecule has 0 radical (unpaired) electrons. The third-order valence-corrected chi connectivity index (χ3v) is 4.01. The van der Waals surface area contributed by atoms with Gasteiger partial charge in [-0.1, -0.05) is 26.0 Å². The number of likely N-dealkylation sites (tertiary alicyclic amines) is 1. The summed E-state index contributed by atoms with van der Waals surface area (Å²) in [5, 5.41) is 8.73. The van der Waals surface area contributed by atoms with Gasteiger partial charge in [-0.2, -0.15) is 5.26 Å². The second-order valence-electron chi connectivity index (χ2n) is 6.42. The number of carbonyl (C=O) groups excluding carboxylic acids is 2. The zero-order valence-corrected chi connectivity index (χ0v) is 14.1. The fraction of sp³-hybridized carbons (Fsp3) is 0.421. The molecular weight excluding hydrogens is 304 g/mol. The molecule has 126 valence electrons. The van der Waals surface area contributed by atoms with Crippen molar-refractivity contribution in [1.82, 2.24) is 4.90 Å². The Morgan fingerprint density at radius 3 is 2.46 bits per heavy atom. The highest BCUT2D eigenvalue weighted by Gasteiger charge is 2.25. The monoisotopic (exact) mass is 326 g/mol. The zero-order chi connectivity index (χ0) is 17.5. The Labute approximate surface area is 142 Å². The highest BCUT2D eigenvalue weighted by atomic mass is 16.5. The number of carbonyl (C=O) groups is 2. The molecule has 1 amide bonds. The maximum Gasteiger partial charge on any atom is 0.331 e. The number of nitrogens with zero attached hydrogens (tertiary/aromatic N) is 2. The van der Waals surface area contributed by atoms with Gasteiger partial charge in [-0.25, -0.2) is 4.79 Å². The predicted octanol–water partition coefficient (Wildman–Crippen LogP) is 2.62. The van der Waals surface area contributed by atoms with Crippen molar-refractivity contribution in [2.45, 2.75) is 20.3 Å². The van der Waals surface area contributed by atoms with Gasteiger partial charge in [-0.3, -0.25) is 4.79 Å². The molecule has 1 fully saturated rings. The molecule has 0 saturated carbocycles. The van der Waals surface area contributed by atoms with Crippen molar-refractivity contribution in [2.75, 3.05) is 19.7 Å². The third kappa shape index (κ3) is 5.24. The number of esters is 1. The van der Waals surface area contributed by atoms with Crippen molar-refractivity contribution in [2.24, 2.45) is 11.8 Å². The molecule has 0 aliphatic carbocycles. The Hall–Kier alpha value is -2.61. The average Bonchev–Trinajstić information content (AvgIpc) is 2.57. The van der Waals surface area contributed by atoms with Crippen molar-refractivity contribution >= 4 is 18.0 Å². The number of nitriles is 1. The second kappa shape index (κ2) is 8.30. The van der Waals surface area contributed by atoms with Gasteiger partial charge in [0.05, 0.1) is 11.6 Å². The number of amides is 1. The SMILES string of the molecule is C[C@@H]1C[C@H](C)CN(C(=O)COC(=O)/C=C/c2ccc(C#N)cc2)C1. The van der Waals surface area contributed by atoms with Crippen LogP contribution in [0, 0.1) is 23.2 Å². The Kier molecular flexibility index (Phi) is 6.14. The number of ether oxygens (including phenoxy) is 1. The predicted molar refractivity (Wildman–Crippen MR) is 90.7 cm³/mol. The molecule has 1 aromatic carbocycles. The molecule has 2 atom stereocenters. The van der Waals surface area contributed by atoms with Crippen molar-refractivity contribution in [3.63, 3.8) is 0 Å². The van der Waals surface area contributed by atoms with Crippen LogP contribution in [0.5, 0.6) is 0 Å². The number of hydrogen-bond donors (Lipinski definition) is 0. The quantitative estimate of drug-likeness (QED) is 0.630. The Morgan fingerprint density at radius 1 is 1.25 bits per heavy atom. The molecule has 0 spiro atoms. The molecule has 1 saturated heterocycles. The van der Waals surface area contributed by atoms with Gasteiger partial charge in [-0.15, -0.1) is 0 Å². The van der Waals surface area contributed by atoms with Crippen LogP contribution >= 0.6 is 0 Å². The summed E-state index contributed by atoms with van der Waals surface area (Å²) in [6.07, 6.45) is 4.01. The van der Waals surface area contributed by atoms with Gasteiger partial charge in [0, 0.05) is 19.2 Å². The van der Waals surface area contributed by atoms with Crippen LogP contribution in [-0.4, -0.2) is 36.5 Å². The highest BCUT2D eigenvalue weighted by Crippen LogP contribution is 2.20. The van der Waals surface area contributed by atoms with E-state index >= 15 is 0 Å². The first-order chi connectivity index (χ1) is 11.5. The number of hydrogen-bond acceptors (Lipinski definition) is 4. The fourth-order valence-electron chi connectivity index (χ4n) is 2.97. The first-order valence-electron chi connectivity index (χ1n) is 8.10. The largest absolute Gasteiger partial charge is 0.452 e. The lowest BCUT2D eigenvalue weighted by atomic mass is 9.92. The molecule has 24 heavy (non-hydrogen) atoms. The molecule has 5 heteroatoms. The normalized spacial score (nSPS) is 20.6. The minimum Gasteiger partial charge on any atom is -0.452 e. The summed E-state index contributed by atoms with van der Waals surface area (Å²) in [6, 6.07) is 8.86. The van der Waals surface area contributed by atoms with E-state index in [2.05, 4.69) is 13.8 Å². The maximum atomic E-state index is 12.1. The van der Waals surface area contributed by atoms with E-state index in [0.29, 0.717) is 17.4 Å². The maximum absolute atomic E-state index is 12.1. The third-order valence-electron chi connectivity index (χ3n) is 4.01. The molecule has 0 aromatic heterocycles. The minimum absolute atomic E-state index is 0.145. The molecule has 2 rings (SSSR count). The topological polar surface area (TPSA) is 70.4 Å². The van der Waals surface area contributed by atoms with Gasteiger partial charge < -0.3 is 9.64 Å². The summed E-state index contributed by atoms with van der Waals surface area (Å²) < 4.78 is 5.02. The molecule has 1 heterocycles.